The van der Waals surface area contributed by atoms with Crippen LogP contribution in [0.4, 0.5) is 4.39 Å². The van der Waals surface area contributed by atoms with Gasteiger partial charge in [-0.1, -0.05) is 13.3 Å². The smallest absolute Gasteiger partial charge is 0.270 e. The van der Waals surface area contributed by atoms with Gasteiger partial charge < -0.3 is 9.47 Å². The van der Waals surface area contributed by atoms with Crippen molar-refractivity contribution in [1.29, 1.82) is 0 Å². The van der Waals surface area contributed by atoms with Crippen LogP contribution in [0.3, 0.4) is 0 Å². The maximum absolute atomic E-state index is 13.6. The second-order valence-electron chi connectivity index (χ2n) is 5.63. The summed E-state index contributed by atoms with van der Waals surface area (Å²) in [5.41, 5.74) is 2.75. The van der Waals surface area contributed by atoms with Gasteiger partial charge in [-0.15, -0.1) is 0 Å². The fraction of sp³-hybridized carbons (Fsp3) is 0.471. The molecular weight excluding hydrogens is 267 g/mol. The standard InChI is InChI=1S/C17H21FN2O/c1-3-5-9-19-10-8-13-14-11-12(18)6-7-15(14)20(4-2)16(13)17(19)21/h6-7,11H,3-5,8-10H2,1-2H3. The van der Waals surface area contributed by atoms with Crippen LogP contribution >= 0.6 is 0 Å². The Bertz CT molecular complexity index is 690. The largest absolute Gasteiger partial charge is 0.337 e. The van der Waals surface area contributed by atoms with Crippen LogP contribution in [0.2, 0.25) is 0 Å². The minimum Gasteiger partial charge on any atom is -0.337 e. The zero-order valence-corrected chi connectivity index (χ0v) is 12.7. The van der Waals surface area contributed by atoms with Gasteiger partial charge in [-0.3, -0.25) is 4.79 Å². The van der Waals surface area contributed by atoms with Gasteiger partial charge in [-0.25, -0.2) is 4.39 Å². The van der Waals surface area contributed by atoms with Crippen LogP contribution in [-0.4, -0.2) is 28.5 Å². The SMILES string of the molecule is CCCCN1CCc2c(n(CC)c3ccc(F)cc23)C1=O. The Labute approximate surface area is 124 Å². The van der Waals surface area contributed by atoms with Crippen molar-refractivity contribution in [2.75, 3.05) is 13.1 Å². The van der Waals surface area contributed by atoms with Gasteiger partial charge >= 0.3 is 0 Å². The lowest BCUT2D eigenvalue weighted by molar-refractivity contribution is 0.0726. The summed E-state index contributed by atoms with van der Waals surface area (Å²) in [5, 5.41) is 0.898. The number of aromatic nitrogens is 1. The van der Waals surface area contributed by atoms with Crippen LogP contribution in [0.5, 0.6) is 0 Å². The lowest BCUT2D eigenvalue weighted by Gasteiger charge is -2.28. The summed E-state index contributed by atoms with van der Waals surface area (Å²) in [4.78, 5) is 14.7. The van der Waals surface area contributed by atoms with E-state index in [9.17, 15) is 9.18 Å². The fourth-order valence-electron chi connectivity index (χ4n) is 3.28. The fourth-order valence-corrected chi connectivity index (χ4v) is 3.28. The van der Waals surface area contributed by atoms with Gasteiger partial charge in [0.15, 0.2) is 0 Å². The molecule has 0 aliphatic carbocycles. The van der Waals surface area contributed by atoms with E-state index in [1.54, 1.807) is 12.1 Å². The van der Waals surface area contributed by atoms with Crippen molar-refractivity contribution in [3.05, 3.63) is 35.3 Å². The summed E-state index contributed by atoms with van der Waals surface area (Å²) in [6, 6.07) is 4.82. The van der Waals surface area contributed by atoms with Gasteiger partial charge in [0.05, 0.1) is 0 Å². The molecule has 0 saturated heterocycles. The van der Waals surface area contributed by atoms with E-state index in [0.717, 1.165) is 61.1 Å². The molecule has 1 amide bonds. The molecule has 1 aromatic heterocycles. The summed E-state index contributed by atoms with van der Waals surface area (Å²) >= 11 is 0. The summed E-state index contributed by atoms with van der Waals surface area (Å²) in [6.07, 6.45) is 2.93. The zero-order chi connectivity index (χ0) is 15.0. The highest BCUT2D eigenvalue weighted by atomic mass is 19.1. The molecule has 21 heavy (non-hydrogen) atoms. The molecule has 0 radical (unpaired) electrons. The molecule has 112 valence electrons. The molecule has 0 bridgehead atoms. The number of hydrogen-bond donors (Lipinski definition) is 0. The highest BCUT2D eigenvalue weighted by molar-refractivity contribution is 6.02. The molecule has 4 heteroatoms. The molecule has 1 aliphatic heterocycles. The van der Waals surface area contributed by atoms with Crippen LogP contribution in [0.25, 0.3) is 10.9 Å². The third-order valence-electron chi connectivity index (χ3n) is 4.35. The third kappa shape index (κ3) is 2.23. The Hall–Kier alpha value is -1.84. The van der Waals surface area contributed by atoms with Crippen molar-refractivity contribution in [2.24, 2.45) is 0 Å². The Morgan fingerprint density at radius 2 is 2.10 bits per heavy atom. The van der Waals surface area contributed by atoms with Crippen molar-refractivity contribution in [3.63, 3.8) is 0 Å². The minimum absolute atomic E-state index is 0.100. The van der Waals surface area contributed by atoms with Crippen LogP contribution in [0, 0.1) is 5.82 Å². The predicted molar refractivity (Wildman–Crippen MR) is 82.1 cm³/mol. The normalized spacial score (nSPS) is 14.8. The van der Waals surface area contributed by atoms with Gasteiger partial charge in [-0.05, 0) is 43.5 Å². The van der Waals surface area contributed by atoms with Crippen molar-refractivity contribution >= 4 is 16.8 Å². The first-order valence-corrected chi connectivity index (χ1v) is 7.77. The van der Waals surface area contributed by atoms with Gasteiger partial charge in [-0.2, -0.15) is 0 Å². The van der Waals surface area contributed by atoms with Gasteiger partial charge in [0.2, 0.25) is 0 Å². The second-order valence-corrected chi connectivity index (χ2v) is 5.63. The molecule has 0 unspecified atom stereocenters. The molecule has 2 aromatic rings. The number of unbranched alkanes of at least 4 members (excludes halogenated alkanes) is 1. The predicted octanol–water partition coefficient (Wildman–Crippen LogP) is 3.60. The number of rotatable bonds is 4. The molecule has 0 spiro atoms. The second kappa shape index (κ2) is 5.51. The number of aryl methyl sites for hydroxylation is 1. The van der Waals surface area contributed by atoms with E-state index in [0.29, 0.717) is 0 Å². The molecular formula is C17H21FN2O. The highest BCUT2D eigenvalue weighted by Gasteiger charge is 2.30. The molecule has 2 heterocycles. The first kappa shape index (κ1) is 14.1. The van der Waals surface area contributed by atoms with Crippen molar-refractivity contribution in [3.8, 4) is 0 Å². The summed E-state index contributed by atoms with van der Waals surface area (Å²) in [5.74, 6) is -0.137. The Morgan fingerprint density at radius 3 is 2.81 bits per heavy atom. The lowest BCUT2D eigenvalue weighted by atomic mass is 10.0. The Morgan fingerprint density at radius 1 is 1.29 bits per heavy atom. The molecule has 0 N–H and O–H groups in total. The zero-order valence-electron chi connectivity index (χ0n) is 12.7. The number of nitrogens with zero attached hydrogens (tertiary/aromatic N) is 2. The topological polar surface area (TPSA) is 25.2 Å². The molecule has 1 aliphatic rings. The average Bonchev–Trinajstić information content (AvgIpc) is 2.80. The first-order chi connectivity index (χ1) is 10.2. The van der Waals surface area contributed by atoms with Crippen LogP contribution in [-0.2, 0) is 13.0 Å². The maximum atomic E-state index is 13.6. The van der Waals surface area contributed by atoms with Crippen LogP contribution in [0.15, 0.2) is 18.2 Å². The van der Waals surface area contributed by atoms with Gasteiger partial charge in [0.1, 0.15) is 11.5 Å². The highest BCUT2D eigenvalue weighted by Crippen LogP contribution is 2.31. The maximum Gasteiger partial charge on any atom is 0.270 e. The lowest BCUT2D eigenvalue weighted by Crippen LogP contribution is -2.39. The van der Waals surface area contributed by atoms with E-state index in [1.165, 1.54) is 6.07 Å². The van der Waals surface area contributed by atoms with E-state index in [-0.39, 0.29) is 11.7 Å². The molecule has 0 fully saturated rings. The Kier molecular flexibility index (Phi) is 3.70. The van der Waals surface area contributed by atoms with Crippen LogP contribution in [0.1, 0.15) is 42.7 Å². The minimum atomic E-state index is -0.237. The van der Waals surface area contributed by atoms with E-state index in [1.807, 2.05) is 16.4 Å². The number of halogens is 1. The van der Waals surface area contributed by atoms with E-state index < -0.39 is 0 Å². The van der Waals surface area contributed by atoms with Crippen molar-refractivity contribution in [2.45, 2.75) is 39.7 Å². The quantitative estimate of drug-likeness (QED) is 0.844. The third-order valence-corrected chi connectivity index (χ3v) is 4.35. The van der Waals surface area contributed by atoms with Crippen molar-refractivity contribution in [1.82, 2.24) is 9.47 Å². The van der Waals surface area contributed by atoms with E-state index >= 15 is 0 Å². The monoisotopic (exact) mass is 288 g/mol. The number of carbonyl (C=O) groups is 1. The Balaban J connectivity index is 2.12. The number of fused-ring (bicyclic) bond motifs is 3. The number of carbonyl (C=O) groups excluding carboxylic acids is 1. The summed E-state index contributed by atoms with van der Waals surface area (Å²) in [6.45, 7) is 6.44. The van der Waals surface area contributed by atoms with Crippen molar-refractivity contribution < 1.29 is 9.18 Å². The van der Waals surface area contributed by atoms with E-state index in [2.05, 4.69) is 6.92 Å². The van der Waals surface area contributed by atoms with Gasteiger partial charge in [0.25, 0.3) is 5.91 Å². The van der Waals surface area contributed by atoms with Gasteiger partial charge in [0, 0.05) is 30.5 Å². The molecule has 3 nitrogen and oxygen atoms in total. The van der Waals surface area contributed by atoms with E-state index in [4.69, 9.17) is 0 Å². The van der Waals surface area contributed by atoms with Crippen LogP contribution < -0.4 is 0 Å². The number of benzene rings is 1. The first-order valence-electron chi connectivity index (χ1n) is 7.77. The number of hydrogen-bond acceptors (Lipinski definition) is 1. The number of amides is 1. The average molecular weight is 288 g/mol. The molecule has 3 rings (SSSR count). The summed E-state index contributed by atoms with van der Waals surface area (Å²) < 4.78 is 15.6. The molecule has 0 saturated carbocycles. The molecule has 0 atom stereocenters. The summed E-state index contributed by atoms with van der Waals surface area (Å²) in [7, 11) is 0. The molecule has 1 aromatic carbocycles.